The van der Waals surface area contributed by atoms with Gasteiger partial charge in [0.2, 0.25) is 0 Å². The van der Waals surface area contributed by atoms with E-state index >= 15 is 0 Å². The summed E-state index contributed by atoms with van der Waals surface area (Å²) in [5, 5.41) is 0.163. The van der Waals surface area contributed by atoms with E-state index in [2.05, 4.69) is 55.1 Å². The first-order valence-electron chi connectivity index (χ1n) is 9.23. The van der Waals surface area contributed by atoms with Crippen molar-refractivity contribution in [3.05, 3.63) is 59.2 Å². The van der Waals surface area contributed by atoms with Crippen LogP contribution in [0.2, 0.25) is 0 Å². The van der Waals surface area contributed by atoms with Gasteiger partial charge in [-0.2, -0.15) is 0 Å². The minimum atomic E-state index is -0.405. The first-order valence-corrected chi connectivity index (χ1v) is 10.0. The molecule has 0 aromatic heterocycles. The highest BCUT2D eigenvalue weighted by Gasteiger charge is 2.61. The fraction of sp³-hybridized carbons (Fsp3) is 0.409. The standard InChI is InChI=1S/C22H25NO3S/c1-21(14-15-8-6-5-7-9-15)22(2)17-13-19(26-4)18(25-3)12-16(17)10-11-23(22)20(24)27-21/h5-9,12-13H,10-11,14H2,1-4H3/t21-,22-/m0/s1. The molecule has 27 heavy (non-hydrogen) atoms. The Morgan fingerprint density at radius 3 is 2.41 bits per heavy atom. The average Bonchev–Trinajstić information content (AvgIpc) is 2.87. The first-order chi connectivity index (χ1) is 12.9. The largest absolute Gasteiger partial charge is 0.493 e. The fourth-order valence-electron chi connectivity index (χ4n) is 4.57. The number of rotatable bonds is 4. The van der Waals surface area contributed by atoms with E-state index in [4.69, 9.17) is 9.47 Å². The lowest BCUT2D eigenvalue weighted by Gasteiger charge is -2.48. The van der Waals surface area contributed by atoms with Crippen molar-refractivity contribution < 1.29 is 14.3 Å². The molecule has 4 rings (SSSR count). The van der Waals surface area contributed by atoms with Crippen LogP contribution in [-0.4, -0.2) is 35.7 Å². The molecule has 0 aliphatic carbocycles. The number of nitrogens with zero attached hydrogens (tertiary/aromatic N) is 1. The molecule has 0 radical (unpaired) electrons. The van der Waals surface area contributed by atoms with Crippen LogP contribution in [0.4, 0.5) is 4.79 Å². The second-order valence-electron chi connectivity index (χ2n) is 7.60. The van der Waals surface area contributed by atoms with E-state index in [1.165, 1.54) is 28.5 Å². The van der Waals surface area contributed by atoms with E-state index in [0.717, 1.165) is 25.1 Å². The van der Waals surface area contributed by atoms with Crippen LogP contribution in [0.5, 0.6) is 11.5 Å². The molecule has 2 aromatic carbocycles. The summed E-state index contributed by atoms with van der Waals surface area (Å²) in [5.74, 6) is 1.46. The SMILES string of the molecule is COc1cc2c(cc1OC)[C@]1(C)N(CC2)C(=O)S[C@@]1(C)Cc1ccccc1. The summed E-state index contributed by atoms with van der Waals surface area (Å²) in [5.41, 5.74) is 3.25. The third-order valence-electron chi connectivity index (χ3n) is 6.23. The summed E-state index contributed by atoms with van der Waals surface area (Å²) >= 11 is 1.47. The Morgan fingerprint density at radius 2 is 1.74 bits per heavy atom. The second kappa shape index (κ2) is 6.48. The van der Waals surface area contributed by atoms with Gasteiger partial charge in [-0.3, -0.25) is 4.79 Å². The van der Waals surface area contributed by atoms with Gasteiger partial charge >= 0.3 is 0 Å². The van der Waals surface area contributed by atoms with Gasteiger partial charge in [-0.1, -0.05) is 42.1 Å². The highest BCUT2D eigenvalue weighted by molar-refractivity contribution is 8.15. The molecule has 2 aromatic rings. The summed E-state index contributed by atoms with van der Waals surface area (Å²) < 4.78 is 10.8. The maximum atomic E-state index is 12.9. The maximum absolute atomic E-state index is 12.9. The highest BCUT2D eigenvalue weighted by Crippen LogP contribution is 2.58. The number of fused-ring (bicyclic) bond motifs is 3. The minimum Gasteiger partial charge on any atom is -0.493 e. The molecule has 5 heteroatoms. The van der Waals surface area contributed by atoms with Crippen LogP contribution in [0.25, 0.3) is 0 Å². The predicted molar refractivity (Wildman–Crippen MR) is 109 cm³/mol. The molecule has 2 heterocycles. The molecule has 1 saturated heterocycles. The number of hydrogen-bond acceptors (Lipinski definition) is 4. The molecule has 0 spiro atoms. The normalized spacial score (nSPS) is 26.5. The molecule has 1 amide bonds. The van der Waals surface area contributed by atoms with Gasteiger partial charge in [-0.15, -0.1) is 0 Å². The molecule has 142 valence electrons. The smallest absolute Gasteiger partial charge is 0.283 e. The Morgan fingerprint density at radius 1 is 1.07 bits per heavy atom. The van der Waals surface area contributed by atoms with Gasteiger partial charge in [0.25, 0.3) is 5.24 Å². The van der Waals surface area contributed by atoms with E-state index in [0.29, 0.717) is 5.75 Å². The van der Waals surface area contributed by atoms with Crippen molar-refractivity contribution in [1.82, 2.24) is 4.90 Å². The van der Waals surface area contributed by atoms with E-state index in [1.54, 1.807) is 14.2 Å². The number of ether oxygens (including phenoxy) is 2. The van der Waals surface area contributed by atoms with Crippen LogP contribution in [0.3, 0.4) is 0 Å². The third kappa shape index (κ3) is 2.63. The second-order valence-corrected chi connectivity index (χ2v) is 9.05. The molecule has 4 nitrogen and oxygen atoms in total. The lowest BCUT2D eigenvalue weighted by molar-refractivity contribution is 0.113. The zero-order chi connectivity index (χ0) is 19.2. The van der Waals surface area contributed by atoms with Gasteiger partial charge in [0, 0.05) is 6.54 Å². The summed E-state index contributed by atoms with van der Waals surface area (Å²) in [7, 11) is 3.32. The van der Waals surface area contributed by atoms with Gasteiger partial charge in [0.05, 0.1) is 24.5 Å². The zero-order valence-electron chi connectivity index (χ0n) is 16.2. The Bertz CT molecular complexity index is 885. The van der Waals surface area contributed by atoms with Crippen molar-refractivity contribution in [1.29, 1.82) is 0 Å². The molecule has 0 unspecified atom stereocenters. The van der Waals surface area contributed by atoms with Crippen molar-refractivity contribution in [3.63, 3.8) is 0 Å². The predicted octanol–water partition coefficient (Wildman–Crippen LogP) is 4.65. The third-order valence-corrected chi connectivity index (χ3v) is 7.61. The molecule has 2 aliphatic rings. The number of carbonyl (C=O) groups is 1. The molecular formula is C22H25NO3S. The monoisotopic (exact) mass is 383 g/mol. The molecule has 0 N–H and O–H groups in total. The minimum absolute atomic E-state index is 0.163. The van der Waals surface area contributed by atoms with Crippen LogP contribution in [0.1, 0.15) is 30.5 Å². The molecule has 0 bridgehead atoms. The van der Waals surface area contributed by atoms with E-state index < -0.39 is 5.54 Å². The van der Waals surface area contributed by atoms with Crippen LogP contribution in [0.15, 0.2) is 42.5 Å². The Balaban J connectivity index is 1.86. The van der Waals surface area contributed by atoms with Crippen molar-refractivity contribution in [2.75, 3.05) is 20.8 Å². The summed E-state index contributed by atoms with van der Waals surface area (Å²) in [6, 6.07) is 14.6. The molecule has 0 saturated carbocycles. The number of amides is 1. The molecule has 2 aliphatic heterocycles. The Hall–Kier alpha value is -2.14. The summed E-state index contributed by atoms with van der Waals surface area (Å²) in [6.45, 7) is 5.15. The van der Waals surface area contributed by atoms with Gasteiger partial charge < -0.3 is 14.4 Å². The molecule has 1 fully saturated rings. The van der Waals surface area contributed by atoms with Crippen LogP contribution < -0.4 is 9.47 Å². The highest BCUT2D eigenvalue weighted by atomic mass is 32.2. The number of carbonyl (C=O) groups excluding carboxylic acids is 1. The Labute approximate surface area is 164 Å². The number of benzene rings is 2. The van der Waals surface area contributed by atoms with Gasteiger partial charge in [-0.25, -0.2) is 0 Å². The number of hydrogen-bond donors (Lipinski definition) is 0. The summed E-state index contributed by atoms with van der Waals surface area (Å²) in [4.78, 5) is 15.0. The van der Waals surface area contributed by atoms with Gasteiger partial charge in [-0.05, 0) is 55.5 Å². The fourth-order valence-corrected chi connectivity index (χ4v) is 5.99. The van der Waals surface area contributed by atoms with Gasteiger partial charge in [0.15, 0.2) is 11.5 Å². The van der Waals surface area contributed by atoms with Crippen molar-refractivity contribution in [3.8, 4) is 11.5 Å². The molecule has 2 atom stereocenters. The quantitative estimate of drug-likeness (QED) is 0.771. The average molecular weight is 384 g/mol. The van der Waals surface area contributed by atoms with Gasteiger partial charge in [0.1, 0.15) is 0 Å². The van der Waals surface area contributed by atoms with E-state index in [-0.39, 0.29) is 9.99 Å². The van der Waals surface area contributed by atoms with Crippen molar-refractivity contribution >= 4 is 17.0 Å². The van der Waals surface area contributed by atoms with Crippen LogP contribution >= 0.6 is 11.8 Å². The maximum Gasteiger partial charge on any atom is 0.283 e. The Kier molecular flexibility index (Phi) is 4.38. The zero-order valence-corrected chi connectivity index (χ0v) is 17.1. The summed E-state index contributed by atoms with van der Waals surface area (Å²) in [6.07, 6.45) is 1.66. The van der Waals surface area contributed by atoms with Crippen LogP contribution in [-0.2, 0) is 18.4 Å². The van der Waals surface area contributed by atoms with E-state index in [9.17, 15) is 4.79 Å². The van der Waals surface area contributed by atoms with E-state index in [1.807, 2.05) is 6.07 Å². The first kappa shape index (κ1) is 18.2. The lowest BCUT2D eigenvalue weighted by Crippen LogP contribution is -2.55. The van der Waals surface area contributed by atoms with Crippen LogP contribution in [0, 0.1) is 0 Å². The van der Waals surface area contributed by atoms with Crippen molar-refractivity contribution in [2.45, 2.75) is 37.0 Å². The lowest BCUT2D eigenvalue weighted by atomic mass is 9.71. The van der Waals surface area contributed by atoms with Crippen molar-refractivity contribution in [2.24, 2.45) is 0 Å². The molecular weight excluding hydrogens is 358 g/mol. The number of methoxy groups -OCH3 is 2. The topological polar surface area (TPSA) is 38.8 Å². The number of thioether (sulfide) groups is 1.